The maximum Gasteiger partial charge on any atom is 0.356 e. The van der Waals surface area contributed by atoms with E-state index in [9.17, 15) is 4.79 Å². The molecule has 0 saturated carbocycles. The summed E-state index contributed by atoms with van der Waals surface area (Å²) in [5.74, 6) is -1.06. The molecule has 0 bridgehead atoms. The minimum Gasteiger partial charge on any atom is -0.476 e. The Hall–Kier alpha value is -2.59. The molecule has 104 valence electrons. The van der Waals surface area contributed by atoms with E-state index in [0.29, 0.717) is 5.02 Å². The van der Waals surface area contributed by atoms with Crippen LogP contribution in [0, 0.1) is 0 Å². The van der Waals surface area contributed by atoms with Crippen molar-refractivity contribution >= 4 is 17.6 Å². The average Bonchev–Trinajstić information content (AvgIpc) is 2.94. The van der Waals surface area contributed by atoms with E-state index in [1.54, 1.807) is 35.0 Å². The van der Waals surface area contributed by atoms with Crippen molar-refractivity contribution in [2.24, 2.45) is 0 Å². The van der Waals surface area contributed by atoms with Crippen LogP contribution in [0.2, 0.25) is 5.02 Å². The zero-order chi connectivity index (χ0) is 14.8. The Morgan fingerprint density at radius 1 is 1.05 bits per heavy atom. The van der Waals surface area contributed by atoms with Crippen LogP contribution >= 0.6 is 11.6 Å². The van der Waals surface area contributed by atoms with Crippen molar-refractivity contribution in [3.8, 4) is 16.9 Å². The van der Waals surface area contributed by atoms with Gasteiger partial charge in [0, 0.05) is 10.6 Å². The van der Waals surface area contributed by atoms with E-state index in [1.807, 2.05) is 30.3 Å². The molecule has 0 radical (unpaired) electrons. The van der Waals surface area contributed by atoms with Gasteiger partial charge in [-0.2, -0.15) is 5.10 Å². The highest BCUT2D eigenvalue weighted by Crippen LogP contribution is 2.24. The summed E-state index contributed by atoms with van der Waals surface area (Å²) in [4.78, 5) is 11.2. The van der Waals surface area contributed by atoms with E-state index in [1.165, 1.54) is 0 Å². The molecule has 4 nitrogen and oxygen atoms in total. The second-order valence-corrected chi connectivity index (χ2v) is 4.91. The first kappa shape index (κ1) is 13.4. The molecule has 3 aromatic rings. The third-order valence-corrected chi connectivity index (χ3v) is 3.32. The molecular weight excluding hydrogens is 288 g/mol. The lowest BCUT2D eigenvalue weighted by Gasteiger charge is -2.07. The maximum absolute atomic E-state index is 11.2. The van der Waals surface area contributed by atoms with E-state index in [2.05, 4.69) is 5.10 Å². The molecule has 3 rings (SSSR count). The standard InChI is InChI=1S/C16H11ClN2O2/c17-12-6-8-13(9-7-12)19-15(10-14(18-19)16(20)21)11-4-2-1-3-5-11/h1-10H,(H,20,21). The lowest BCUT2D eigenvalue weighted by Crippen LogP contribution is -2.02. The SMILES string of the molecule is O=C(O)c1cc(-c2ccccc2)n(-c2ccc(Cl)cc2)n1. The Morgan fingerprint density at radius 2 is 1.71 bits per heavy atom. The second kappa shape index (κ2) is 5.42. The number of nitrogens with zero attached hydrogens (tertiary/aromatic N) is 2. The molecule has 0 amide bonds. The lowest BCUT2D eigenvalue weighted by molar-refractivity contribution is 0.0690. The van der Waals surface area contributed by atoms with Crippen molar-refractivity contribution in [1.29, 1.82) is 0 Å². The predicted octanol–water partition coefficient (Wildman–Crippen LogP) is 3.89. The van der Waals surface area contributed by atoms with Gasteiger partial charge < -0.3 is 5.11 Å². The fourth-order valence-corrected chi connectivity index (χ4v) is 2.21. The maximum atomic E-state index is 11.2. The summed E-state index contributed by atoms with van der Waals surface area (Å²) in [5.41, 5.74) is 2.37. The Kier molecular flexibility index (Phi) is 3.46. The number of aromatic carboxylic acids is 1. The summed E-state index contributed by atoms with van der Waals surface area (Å²) >= 11 is 5.89. The van der Waals surface area contributed by atoms with Crippen LogP contribution in [0.15, 0.2) is 60.7 Å². The quantitative estimate of drug-likeness (QED) is 0.798. The van der Waals surface area contributed by atoms with Gasteiger partial charge in [-0.1, -0.05) is 41.9 Å². The van der Waals surface area contributed by atoms with Gasteiger partial charge in [-0.15, -0.1) is 0 Å². The number of rotatable bonds is 3. The summed E-state index contributed by atoms with van der Waals surface area (Å²) in [7, 11) is 0. The Labute approximate surface area is 126 Å². The van der Waals surface area contributed by atoms with Gasteiger partial charge in [-0.05, 0) is 30.3 Å². The molecule has 21 heavy (non-hydrogen) atoms. The minimum atomic E-state index is -1.06. The molecule has 2 aromatic carbocycles. The first-order valence-corrected chi connectivity index (χ1v) is 6.67. The van der Waals surface area contributed by atoms with Gasteiger partial charge in [0.15, 0.2) is 5.69 Å². The van der Waals surface area contributed by atoms with Gasteiger partial charge >= 0.3 is 5.97 Å². The van der Waals surface area contributed by atoms with Crippen molar-refractivity contribution < 1.29 is 9.90 Å². The number of benzene rings is 2. The molecule has 0 aliphatic carbocycles. The molecule has 0 fully saturated rings. The highest BCUT2D eigenvalue weighted by molar-refractivity contribution is 6.30. The Balaban J connectivity index is 2.19. The van der Waals surface area contributed by atoms with Gasteiger partial charge in [-0.3, -0.25) is 0 Å². The topological polar surface area (TPSA) is 55.1 Å². The van der Waals surface area contributed by atoms with Crippen molar-refractivity contribution in [2.45, 2.75) is 0 Å². The van der Waals surface area contributed by atoms with E-state index in [4.69, 9.17) is 16.7 Å². The number of carbonyl (C=O) groups is 1. The first-order chi connectivity index (χ1) is 10.1. The van der Waals surface area contributed by atoms with Crippen molar-refractivity contribution in [2.75, 3.05) is 0 Å². The Morgan fingerprint density at radius 3 is 2.33 bits per heavy atom. The molecular formula is C16H11ClN2O2. The van der Waals surface area contributed by atoms with E-state index >= 15 is 0 Å². The van der Waals surface area contributed by atoms with Crippen LogP contribution in [0.3, 0.4) is 0 Å². The molecule has 0 atom stereocenters. The van der Waals surface area contributed by atoms with E-state index in [0.717, 1.165) is 16.9 Å². The van der Waals surface area contributed by atoms with Gasteiger partial charge in [0.25, 0.3) is 0 Å². The average molecular weight is 299 g/mol. The number of carboxylic acid groups (broad SMARTS) is 1. The molecule has 0 aliphatic rings. The number of halogens is 1. The largest absolute Gasteiger partial charge is 0.476 e. The monoisotopic (exact) mass is 298 g/mol. The first-order valence-electron chi connectivity index (χ1n) is 6.30. The van der Waals surface area contributed by atoms with Crippen molar-refractivity contribution in [3.05, 3.63) is 71.4 Å². The van der Waals surface area contributed by atoms with Crippen molar-refractivity contribution in [3.63, 3.8) is 0 Å². The molecule has 1 aromatic heterocycles. The Bertz CT molecular complexity index is 780. The molecule has 1 heterocycles. The number of hydrogen-bond acceptors (Lipinski definition) is 2. The molecule has 1 N–H and O–H groups in total. The fraction of sp³-hybridized carbons (Fsp3) is 0. The van der Waals surface area contributed by atoms with Gasteiger partial charge in [0.1, 0.15) is 0 Å². The van der Waals surface area contributed by atoms with Gasteiger partial charge in [0.2, 0.25) is 0 Å². The second-order valence-electron chi connectivity index (χ2n) is 4.47. The fourth-order valence-electron chi connectivity index (χ4n) is 2.08. The van der Waals surface area contributed by atoms with Crippen LogP contribution < -0.4 is 0 Å². The van der Waals surface area contributed by atoms with Gasteiger partial charge in [-0.25, -0.2) is 9.48 Å². The van der Waals surface area contributed by atoms with Crippen LogP contribution in [0.5, 0.6) is 0 Å². The zero-order valence-corrected chi connectivity index (χ0v) is 11.7. The highest BCUT2D eigenvalue weighted by atomic mass is 35.5. The van der Waals surface area contributed by atoms with Gasteiger partial charge in [0.05, 0.1) is 11.4 Å². The highest BCUT2D eigenvalue weighted by Gasteiger charge is 2.15. The van der Waals surface area contributed by atoms with Crippen LogP contribution in [0.25, 0.3) is 16.9 Å². The number of hydrogen-bond donors (Lipinski definition) is 1. The minimum absolute atomic E-state index is 0.00352. The lowest BCUT2D eigenvalue weighted by atomic mass is 10.1. The summed E-state index contributed by atoms with van der Waals surface area (Å²) in [6.45, 7) is 0. The third-order valence-electron chi connectivity index (χ3n) is 3.07. The molecule has 0 aliphatic heterocycles. The third kappa shape index (κ3) is 2.66. The van der Waals surface area contributed by atoms with E-state index < -0.39 is 5.97 Å². The summed E-state index contributed by atoms with van der Waals surface area (Å²) in [5, 5.41) is 13.9. The summed E-state index contributed by atoms with van der Waals surface area (Å²) in [6, 6.07) is 18.2. The van der Waals surface area contributed by atoms with Crippen LogP contribution in [0.4, 0.5) is 0 Å². The molecule has 0 unspecified atom stereocenters. The summed E-state index contributed by atoms with van der Waals surface area (Å²) < 4.78 is 1.61. The van der Waals surface area contributed by atoms with Crippen LogP contribution in [-0.4, -0.2) is 20.9 Å². The normalized spacial score (nSPS) is 10.5. The summed E-state index contributed by atoms with van der Waals surface area (Å²) in [6.07, 6.45) is 0. The van der Waals surface area contributed by atoms with Crippen LogP contribution in [0.1, 0.15) is 10.5 Å². The number of aromatic nitrogens is 2. The predicted molar refractivity (Wildman–Crippen MR) is 81.0 cm³/mol. The van der Waals surface area contributed by atoms with E-state index in [-0.39, 0.29) is 5.69 Å². The molecule has 0 saturated heterocycles. The molecule has 0 spiro atoms. The van der Waals surface area contributed by atoms with Crippen LogP contribution in [-0.2, 0) is 0 Å². The smallest absolute Gasteiger partial charge is 0.356 e. The zero-order valence-electron chi connectivity index (χ0n) is 10.9. The molecule has 5 heteroatoms. The number of carboxylic acids is 1. The van der Waals surface area contributed by atoms with Crippen molar-refractivity contribution in [1.82, 2.24) is 9.78 Å².